The molecule has 0 bridgehead atoms. The maximum atomic E-state index is 13.6. The molecule has 0 atom stereocenters. The van der Waals surface area contributed by atoms with Gasteiger partial charge in [0.05, 0.1) is 43.6 Å². The Labute approximate surface area is 235 Å². The maximum Gasteiger partial charge on any atom is 0.260 e. The Morgan fingerprint density at radius 1 is 1.05 bits per heavy atom. The van der Waals surface area contributed by atoms with Crippen LogP contribution >= 0.6 is 22.9 Å². The highest BCUT2D eigenvalue weighted by molar-refractivity contribution is 7.13. The average molecular weight is 559 g/mol. The third-order valence-corrected chi connectivity index (χ3v) is 8.36. The fourth-order valence-corrected chi connectivity index (χ4v) is 5.88. The number of quaternary nitrogens is 1. The molecule has 8 nitrogen and oxygen atoms in total. The summed E-state index contributed by atoms with van der Waals surface area (Å²) < 4.78 is 1.67. The van der Waals surface area contributed by atoms with Crippen LogP contribution in [0, 0.1) is 0 Å². The Hall–Kier alpha value is -3.79. The van der Waals surface area contributed by atoms with E-state index >= 15 is 0 Å². The van der Waals surface area contributed by atoms with E-state index in [1.54, 1.807) is 32.5 Å². The highest BCUT2D eigenvalue weighted by atomic mass is 35.5. The number of fused-ring (bicyclic) bond motifs is 1. The van der Waals surface area contributed by atoms with Crippen LogP contribution in [0.3, 0.4) is 0 Å². The van der Waals surface area contributed by atoms with Gasteiger partial charge in [0.25, 0.3) is 5.56 Å². The smallest absolute Gasteiger partial charge is 0.260 e. The summed E-state index contributed by atoms with van der Waals surface area (Å²) in [7, 11) is 2.24. The summed E-state index contributed by atoms with van der Waals surface area (Å²) in [5, 5.41) is 4.58. The van der Waals surface area contributed by atoms with Crippen LogP contribution in [0.2, 0.25) is 5.02 Å². The minimum atomic E-state index is -0.138. The van der Waals surface area contributed by atoms with Gasteiger partial charge in [0, 0.05) is 51.8 Å². The Morgan fingerprint density at radius 3 is 2.54 bits per heavy atom. The number of thiazole rings is 1. The van der Waals surface area contributed by atoms with Crippen molar-refractivity contribution < 1.29 is 4.90 Å². The summed E-state index contributed by atoms with van der Waals surface area (Å²) in [5.74, 6) is 0.444. The van der Waals surface area contributed by atoms with E-state index < -0.39 is 0 Å². The third-order valence-electron chi connectivity index (χ3n) is 7.22. The molecule has 4 heterocycles. The first-order valence-corrected chi connectivity index (χ1v) is 14.3. The highest BCUT2D eigenvalue weighted by Gasteiger charge is 2.18. The van der Waals surface area contributed by atoms with E-state index in [1.165, 1.54) is 5.69 Å². The van der Waals surface area contributed by atoms with Gasteiger partial charge in [0.15, 0.2) is 0 Å². The van der Waals surface area contributed by atoms with Crippen molar-refractivity contribution in [1.82, 2.24) is 19.5 Å². The molecule has 3 aromatic heterocycles. The van der Waals surface area contributed by atoms with Crippen molar-refractivity contribution in [3.05, 3.63) is 81.8 Å². The van der Waals surface area contributed by atoms with Gasteiger partial charge in [-0.25, -0.2) is 4.98 Å². The van der Waals surface area contributed by atoms with E-state index in [-0.39, 0.29) is 5.56 Å². The molecule has 5 aromatic rings. The van der Waals surface area contributed by atoms with E-state index in [2.05, 4.69) is 39.4 Å². The Balaban J connectivity index is 1.29. The quantitative estimate of drug-likeness (QED) is 0.323. The summed E-state index contributed by atoms with van der Waals surface area (Å²) >= 11 is 8.22. The Bertz CT molecular complexity index is 1680. The van der Waals surface area contributed by atoms with Crippen molar-refractivity contribution in [1.29, 1.82) is 0 Å². The molecular formula is C29H29ClN7OS+. The van der Waals surface area contributed by atoms with Crippen LogP contribution in [0.25, 0.3) is 32.6 Å². The largest absolute Gasteiger partial charge is 0.360 e. The molecule has 0 saturated carbocycles. The summed E-state index contributed by atoms with van der Waals surface area (Å²) in [6, 6.07) is 15.9. The summed E-state index contributed by atoms with van der Waals surface area (Å²) in [6.07, 6.45) is 3.56. The van der Waals surface area contributed by atoms with Crippen LogP contribution < -0.4 is 20.7 Å². The number of benzene rings is 2. The number of aromatic nitrogens is 4. The molecule has 2 N–H and O–H groups in total. The normalized spacial score (nSPS) is 14.2. The SMILES string of the molecule is CCn1c(=O)c(-c2ccc(-c3cncs3)cc2Cl)cc2cnc(Nc3ccc(N4CC[NH+](C)CC4)cc3)nc21. The second kappa shape index (κ2) is 10.8. The number of anilines is 3. The van der Waals surface area contributed by atoms with Crippen LogP contribution in [-0.4, -0.2) is 52.7 Å². The van der Waals surface area contributed by atoms with E-state index in [0.717, 1.165) is 47.7 Å². The first-order valence-electron chi connectivity index (χ1n) is 13.0. The van der Waals surface area contributed by atoms with Crippen molar-refractivity contribution >= 4 is 51.3 Å². The number of rotatable bonds is 6. The molecular weight excluding hydrogens is 530 g/mol. The zero-order chi connectivity index (χ0) is 26.9. The van der Waals surface area contributed by atoms with Crippen molar-refractivity contribution in [2.45, 2.75) is 13.5 Å². The predicted molar refractivity (Wildman–Crippen MR) is 160 cm³/mol. The minimum absolute atomic E-state index is 0.138. The lowest BCUT2D eigenvalue weighted by Gasteiger charge is -2.31. The van der Waals surface area contributed by atoms with Gasteiger partial charge in [-0.15, -0.1) is 11.3 Å². The lowest BCUT2D eigenvalue weighted by Crippen LogP contribution is -3.12. The van der Waals surface area contributed by atoms with Crippen molar-refractivity contribution in [2.24, 2.45) is 0 Å². The molecule has 2 aromatic carbocycles. The summed E-state index contributed by atoms with van der Waals surface area (Å²) in [5.41, 5.74) is 6.52. The Morgan fingerprint density at radius 2 is 1.85 bits per heavy atom. The monoisotopic (exact) mass is 558 g/mol. The average Bonchev–Trinajstić information content (AvgIpc) is 3.49. The van der Waals surface area contributed by atoms with Crippen LogP contribution in [-0.2, 0) is 6.54 Å². The number of aryl methyl sites for hydroxylation is 1. The number of halogens is 1. The second-order valence-electron chi connectivity index (χ2n) is 9.76. The first-order chi connectivity index (χ1) is 19.0. The molecule has 1 fully saturated rings. The number of hydrogen-bond acceptors (Lipinski definition) is 7. The topological polar surface area (TPSA) is 80.4 Å². The molecule has 0 radical (unpaired) electrons. The zero-order valence-electron chi connectivity index (χ0n) is 21.8. The van der Waals surface area contributed by atoms with Gasteiger partial charge in [-0.05, 0) is 48.9 Å². The number of piperazine rings is 1. The van der Waals surface area contributed by atoms with Gasteiger partial charge in [0.1, 0.15) is 5.65 Å². The lowest BCUT2D eigenvalue weighted by molar-refractivity contribution is -0.880. The zero-order valence-corrected chi connectivity index (χ0v) is 23.4. The lowest BCUT2D eigenvalue weighted by atomic mass is 10.0. The second-order valence-corrected chi connectivity index (χ2v) is 11.0. The molecule has 1 saturated heterocycles. The molecule has 1 aliphatic heterocycles. The molecule has 0 spiro atoms. The highest BCUT2D eigenvalue weighted by Crippen LogP contribution is 2.33. The molecule has 6 rings (SSSR count). The fourth-order valence-electron chi connectivity index (χ4n) is 4.98. The van der Waals surface area contributed by atoms with Gasteiger partial charge < -0.3 is 15.1 Å². The molecule has 1 aliphatic rings. The van der Waals surface area contributed by atoms with Crippen LogP contribution in [0.5, 0.6) is 0 Å². The number of likely N-dealkylation sites (N-methyl/N-ethyl adjacent to an activating group) is 1. The minimum Gasteiger partial charge on any atom is -0.360 e. The number of pyridine rings is 1. The van der Waals surface area contributed by atoms with Gasteiger partial charge in [-0.1, -0.05) is 23.7 Å². The van der Waals surface area contributed by atoms with Gasteiger partial charge in [0.2, 0.25) is 5.95 Å². The fraction of sp³-hybridized carbons (Fsp3) is 0.241. The van der Waals surface area contributed by atoms with Crippen molar-refractivity contribution in [3.8, 4) is 21.6 Å². The van der Waals surface area contributed by atoms with Crippen LogP contribution in [0.15, 0.2) is 71.2 Å². The van der Waals surface area contributed by atoms with Crippen molar-refractivity contribution in [3.63, 3.8) is 0 Å². The molecule has 0 amide bonds. The predicted octanol–water partition coefficient (Wildman–Crippen LogP) is 4.33. The first kappa shape index (κ1) is 25.5. The van der Waals surface area contributed by atoms with Crippen LogP contribution in [0.4, 0.5) is 17.3 Å². The Kier molecular flexibility index (Phi) is 7.03. The van der Waals surface area contributed by atoms with E-state index in [0.29, 0.717) is 34.3 Å². The molecule has 198 valence electrons. The number of nitrogens with zero attached hydrogens (tertiary/aromatic N) is 5. The summed E-state index contributed by atoms with van der Waals surface area (Å²) in [6.45, 7) is 6.83. The van der Waals surface area contributed by atoms with Gasteiger partial charge >= 0.3 is 0 Å². The molecule has 0 aliphatic carbocycles. The van der Waals surface area contributed by atoms with Gasteiger partial charge in [-0.3, -0.25) is 14.3 Å². The maximum absolute atomic E-state index is 13.6. The number of nitrogens with one attached hydrogen (secondary N) is 2. The molecule has 0 unspecified atom stereocenters. The van der Waals surface area contributed by atoms with E-state index in [1.807, 2.05) is 49.5 Å². The molecule has 39 heavy (non-hydrogen) atoms. The molecule has 10 heteroatoms. The third kappa shape index (κ3) is 5.13. The van der Waals surface area contributed by atoms with Crippen LogP contribution in [0.1, 0.15) is 6.92 Å². The standard InChI is InChI=1S/C29H28ClN7OS/c1-3-37-27-20(14-24(28(37)38)23-9-4-19(15-25(23)30)26-17-31-18-39-26)16-32-29(34-27)33-21-5-7-22(8-6-21)36-12-10-35(2)11-13-36/h4-9,14-18H,3,10-13H2,1-2H3,(H,32,33,34)/p+1. The van der Waals surface area contributed by atoms with E-state index in [9.17, 15) is 4.79 Å². The van der Waals surface area contributed by atoms with Crippen molar-refractivity contribution in [2.75, 3.05) is 43.4 Å². The number of hydrogen-bond donors (Lipinski definition) is 2. The summed E-state index contributed by atoms with van der Waals surface area (Å²) in [4.78, 5) is 32.0. The van der Waals surface area contributed by atoms with Gasteiger partial charge in [-0.2, -0.15) is 4.98 Å². The van der Waals surface area contributed by atoms with E-state index in [4.69, 9.17) is 16.6 Å².